The summed E-state index contributed by atoms with van der Waals surface area (Å²) in [6, 6.07) is 27.6. The molecule has 0 amide bonds. The lowest BCUT2D eigenvalue weighted by Crippen LogP contribution is -2.28. The fourth-order valence-electron chi connectivity index (χ4n) is 3.27. The maximum atomic E-state index is 13.2. The van der Waals surface area contributed by atoms with E-state index in [1.807, 2.05) is 36.4 Å². The molecule has 1 atom stereocenters. The summed E-state index contributed by atoms with van der Waals surface area (Å²) in [6.07, 6.45) is 1.76. The molecule has 3 aromatic carbocycles. The monoisotopic (exact) mass is 330 g/mol. The van der Waals surface area contributed by atoms with Crippen LogP contribution in [0.15, 0.2) is 90.0 Å². The van der Waals surface area contributed by atoms with Gasteiger partial charge in [0.1, 0.15) is 5.82 Å². The van der Waals surface area contributed by atoms with Crippen LogP contribution >= 0.6 is 0 Å². The Morgan fingerprint density at radius 1 is 0.840 bits per heavy atom. The predicted molar refractivity (Wildman–Crippen MR) is 100 cm³/mol. The second-order valence-corrected chi connectivity index (χ2v) is 6.28. The highest BCUT2D eigenvalue weighted by atomic mass is 19.1. The van der Waals surface area contributed by atoms with E-state index in [9.17, 15) is 4.39 Å². The molecule has 0 saturated carbocycles. The van der Waals surface area contributed by atoms with Crippen LogP contribution in [0.5, 0.6) is 0 Å². The van der Waals surface area contributed by atoms with Gasteiger partial charge in [-0.25, -0.2) is 4.39 Å². The Labute approximate surface area is 147 Å². The van der Waals surface area contributed by atoms with Gasteiger partial charge in [-0.3, -0.25) is 5.01 Å². The van der Waals surface area contributed by atoms with Crippen molar-refractivity contribution in [2.24, 2.45) is 5.10 Å². The van der Waals surface area contributed by atoms with Crippen molar-refractivity contribution in [3.8, 4) is 0 Å². The van der Waals surface area contributed by atoms with E-state index in [0.717, 1.165) is 29.8 Å². The number of halogens is 1. The number of hydrogen-bond donors (Lipinski definition) is 0. The molecule has 0 N–H and O–H groups in total. The molecule has 124 valence electrons. The molecule has 1 aliphatic heterocycles. The molecule has 0 spiro atoms. The Morgan fingerprint density at radius 3 is 2.16 bits per heavy atom. The summed E-state index contributed by atoms with van der Waals surface area (Å²) >= 11 is 0. The molecular weight excluding hydrogens is 311 g/mol. The zero-order chi connectivity index (χ0) is 17.1. The Bertz CT molecular complexity index is 858. The summed E-state index contributed by atoms with van der Waals surface area (Å²) in [4.78, 5) is 0. The Morgan fingerprint density at radius 2 is 1.48 bits per heavy atom. The lowest BCUT2D eigenvalue weighted by molar-refractivity contribution is 0.627. The third-order valence-corrected chi connectivity index (χ3v) is 4.52. The van der Waals surface area contributed by atoms with E-state index in [1.54, 1.807) is 0 Å². The topological polar surface area (TPSA) is 15.6 Å². The highest BCUT2D eigenvalue weighted by Gasteiger charge is 2.28. The van der Waals surface area contributed by atoms with Crippen molar-refractivity contribution >= 4 is 11.4 Å². The van der Waals surface area contributed by atoms with Crippen molar-refractivity contribution in [1.82, 2.24) is 0 Å². The van der Waals surface area contributed by atoms with Gasteiger partial charge in [-0.1, -0.05) is 60.7 Å². The van der Waals surface area contributed by atoms with Crippen molar-refractivity contribution in [3.05, 3.63) is 102 Å². The van der Waals surface area contributed by atoms with Gasteiger partial charge in [0.05, 0.1) is 17.4 Å². The molecule has 2 nitrogen and oxygen atoms in total. The molecule has 0 bridgehead atoms. The lowest BCUT2D eigenvalue weighted by Gasteiger charge is -2.23. The van der Waals surface area contributed by atoms with Gasteiger partial charge in [0.15, 0.2) is 0 Å². The smallest absolute Gasteiger partial charge is 0.123 e. The van der Waals surface area contributed by atoms with Gasteiger partial charge in [0.2, 0.25) is 0 Å². The van der Waals surface area contributed by atoms with Gasteiger partial charge in [-0.15, -0.1) is 0 Å². The van der Waals surface area contributed by atoms with Gasteiger partial charge in [0.25, 0.3) is 0 Å². The molecule has 0 radical (unpaired) electrons. The first-order chi connectivity index (χ1) is 12.3. The van der Waals surface area contributed by atoms with Crippen molar-refractivity contribution < 1.29 is 4.39 Å². The molecule has 1 heterocycles. The van der Waals surface area contributed by atoms with E-state index in [-0.39, 0.29) is 11.9 Å². The fraction of sp³-hybridized carbons (Fsp3) is 0.136. The Hall–Kier alpha value is -2.94. The van der Waals surface area contributed by atoms with Gasteiger partial charge >= 0.3 is 0 Å². The maximum absolute atomic E-state index is 13.2. The fourth-order valence-corrected chi connectivity index (χ4v) is 3.27. The first-order valence-electron chi connectivity index (χ1n) is 8.51. The highest BCUT2D eigenvalue weighted by molar-refractivity contribution is 6.03. The average molecular weight is 330 g/mol. The number of anilines is 1. The summed E-state index contributed by atoms with van der Waals surface area (Å²) in [5, 5.41) is 6.97. The minimum Gasteiger partial charge on any atom is -0.261 e. The third-order valence-electron chi connectivity index (χ3n) is 4.52. The van der Waals surface area contributed by atoms with Crippen LogP contribution in [0.3, 0.4) is 0 Å². The molecule has 1 unspecified atom stereocenters. The van der Waals surface area contributed by atoms with E-state index >= 15 is 0 Å². The van der Waals surface area contributed by atoms with Crippen LogP contribution in [0.1, 0.15) is 17.5 Å². The van der Waals surface area contributed by atoms with E-state index in [4.69, 9.17) is 5.10 Å². The van der Waals surface area contributed by atoms with Gasteiger partial charge < -0.3 is 0 Å². The summed E-state index contributed by atoms with van der Waals surface area (Å²) in [5.74, 6) is -0.219. The van der Waals surface area contributed by atoms with E-state index < -0.39 is 0 Å². The van der Waals surface area contributed by atoms with Gasteiger partial charge in [-0.05, 0) is 41.8 Å². The zero-order valence-corrected chi connectivity index (χ0v) is 13.8. The zero-order valence-electron chi connectivity index (χ0n) is 13.8. The molecule has 0 aliphatic carbocycles. The molecule has 1 aliphatic rings. The molecule has 0 aromatic heterocycles. The van der Waals surface area contributed by atoms with Crippen molar-refractivity contribution in [2.75, 3.05) is 5.01 Å². The number of nitrogens with zero attached hydrogens (tertiary/aromatic N) is 2. The van der Waals surface area contributed by atoms with Crippen molar-refractivity contribution in [1.29, 1.82) is 0 Å². The predicted octanol–water partition coefficient (Wildman–Crippen LogP) is 5.05. The van der Waals surface area contributed by atoms with Crippen LogP contribution in [-0.4, -0.2) is 11.8 Å². The first kappa shape index (κ1) is 15.6. The number of hydrazone groups is 1. The quantitative estimate of drug-likeness (QED) is 0.653. The minimum atomic E-state index is -0.219. The number of para-hydroxylation sites is 1. The second-order valence-electron chi connectivity index (χ2n) is 6.28. The summed E-state index contributed by atoms with van der Waals surface area (Å²) in [5.41, 5.74) is 4.37. The van der Waals surface area contributed by atoms with E-state index in [2.05, 4.69) is 41.4 Å². The first-order valence-corrected chi connectivity index (χ1v) is 8.51. The minimum absolute atomic E-state index is 0.219. The third kappa shape index (κ3) is 3.45. The van der Waals surface area contributed by atoms with Crippen molar-refractivity contribution in [2.45, 2.75) is 18.9 Å². The van der Waals surface area contributed by atoms with Gasteiger partial charge in [-0.2, -0.15) is 5.10 Å². The van der Waals surface area contributed by atoms with Crippen LogP contribution in [0.4, 0.5) is 10.1 Å². The Kier molecular flexibility index (Phi) is 4.30. The summed E-state index contributed by atoms with van der Waals surface area (Å²) < 4.78 is 13.2. The van der Waals surface area contributed by atoms with Crippen molar-refractivity contribution in [3.63, 3.8) is 0 Å². The summed E-state index contributed by atoms with van der Waals surface area (Å²) in [6.45, 7) is 0. The van der Waals surface area contributed by atoms with Crippen LogP contribution < -0.4 is 5.01 Å². The van der Waals surface area contributed by atoms with E-state index in [0.29, 0.717) is 0 Å². The highest BCUT2D eigenvalue weighted by Crippen LogP contribution is 2.28. The van der Waals surface area contributed by atoms with Crippen LogP contribution in [0.25, 0.3) is 0 Å². The molecular formula is C22H19FN2. The second kappa shape index (κ2) is 6.89. The maximum Gasteiger partial charge on any atom is 0.123 e. The molecule has 25 heavy (non-hydrogen) atoms. The van der Waals surface area contributed by atoms with Crippen LogP contribution in [0.2, 0.25) is 0 Å². The lowest BCUT2D eigenvalue weighted by atomic mass is 9.98. The number of rotatable bonds is 4. The number of benzene rings is 3. The van der Waals surface area contributed by atoms with Gasteiger partial charge in [0, 0.05) is 6.42 Å². The van der Waals surface area contributed by atoms with Crippen LogP contribution in [-0.2, 0) is 6.42 Å². The normalized spacial score (nSPS) is 16.8. The molecule has 0 fully saturated rings. The SMILES string of the molecule is Fc1ccc(C2=NN(c3ccccc3)C(Cc3ccccc3)C2)cc1. The Balaban J connectivity index is 1.65. The van der Waals surface area contributed by atoms with Crippen LogP contribution in [0, 0.1) is 5.82 Å². The van der Waals surface area contributed by atoms with E-state index in [1.165, 1.54) is 17.7 Å². The average Bonchev–Trinajstić information content (AvgIpc) is 3.08. The molecule has 3 aromatic rings. The molecule has 0 saturated heterocycles. The largest absolute Gasteiger partial charge is 0.261 e. The number of hydrogen-bond acceptors (Lipinski definition) is 2. The summed E-state index contributed by atoms with van der Waals surface area (Å²) in [7, 11) is 0. The molecule has 4 rings (SSSR count). The standard InChI is InChI=1S/C22H19FN2/c23-19-13-11-18(12-14-19)22-16-21(15-17-7-3-1-4-8-17)25(24-22)20-9-5-2-6-10-20/h1-14,21H,15-16H2. The molecule has 3 heteroatoms.